The normalized spacial score (nSPS) is 17.6. The molecule has 1 aromatic heterocycles. The Bertz CT molecular complexity index is 1040. The number of rotatable bonds is 5. The van der Waals surface area contributed by atoms with E-state index in [0.29, 0.717) is 23.0 Å². The molecule has 0 radical (unpaired) electrons. The third-order valence-corrected chi connectivity index (χ3v) is 6.31. The van der Waals surface area contributed by atoms with Crippen LogP contribution in [0.15, 0.2) is 66.0 Å². The molecule has 0 saturated heterocycles. The number of thiophene rings is 1. The molecular weight excluding hydrogens is 431 g/mol. The van der Waals surface area contributed by atoms with E-state index in [4.69, 9.17) is 17.3 Å². The number of alkyl halides is 3. The van der Waals surface area contributed by atoms with Crippen molar-refractivity contribution < 1.29 is 13.2 Å². The van der Waals surface area contributed by atoms with Crippen LogP contribution >= 0.6 is 22.9 Å². The number of benzene rings is 1. The Morgan fingerprint density at radius 3 is 2.67 bits per heavy atom. The second kappa shape index (κ2) is 8.70. The molecule has 0 bridgehead atoms. The molecule has 1 unspecified atom stereocenters. The SMILES string of the molecule is C=CC(=C)N1Cc2sc(Cl)cc2C(c2ccccc2C(C=NC)=C(N)C(F)(F)F)C1. The van der Waals surface area contributed by atoms with Gasteiger partial charge in [-0.15, -0.1) is 11.3 Å². The number of halogens is 4. The largest absolute Gasteiger partial charge is 0.431 e. The summed E-state index contributed by atoms with van der Waals surface area (Å²) in [6.07, 6.45) is -1.84. The van der Waals surface area contributed by atoms with Crippen molar-refractivity contribution in [1.29, 1.82) is 0 Å². The second-order valence-electron chi connectivity index (χ2n) is 6.86. The highest BCUT2D eigenvalue weighted by Gasteiger charge is 2.36. The lowest BCUT2D eigenvalue weighted by Gasteiger charge is -2.35. The Balaban J connectivity index is 2.22. The van der Waals surface area contributed by atoms with Crippen LogP contribution in [0.5, 0.6) is 0 Å². The van der Waals surface area contributed by atoms with Gasteiger partial charge in [0.1, 0.15) is 5.70 Å². The zero-order valence-corrected chi connectivity index (χ0v) is 17.9. The lowest BCUT2D eigenvalue weighted by Crippen LogP contribution is -2.32. The van der Waals surface area contributed by atoms with Crippen LogP contribution in [-0.2, 0) is 6.54 Å². The highest BCUT2D eigenvalue weighted by Crippen LogP contribution is 2.43. The summed E-state index contributed by atoms with van der Waals surface area (Å²) in [7, 11) is 1.42. The van der Waals surface area contributed by atoms with Crippen LogP contribution < -0.4 is 5.73 Å². The van der Waals surface area contributed by atoms with Gasteiger partial charge in [0.05, 0.1) is 10.9 Å². The van der Waals surface area contributed by atoms with E-state index in [0.717, 1.165) is 27.9 Å². The molecule has 2 heterocycles. The minimum Gasteiger partial charge on any atom is -0.394 e. The van der Waals surface area contributed by atoms with Crippen LogP contribution in [-0.4, -0.2) is 30.9 Å². The minimum atomic E-state index is -4.67. The number of hydrogen-bond donors (Lipinski definition) is 1. The van der Waals surface area contributed by atoms with Crippen molar-refractivity contribution in [3.05, 3.63) is 86.9 Å². The lowest BCUT2D eigenvalue weighted by atomic mass is 9.83. The first kappa shape index (κ1) is 22.2. The predicted octanol–water partition coefficient (Wildman–Crippen LogP) is 5.98. The fourth-order valence-corrected chi connectivity index (χ4v) is 4.97. The van der Waals surface area contributed by atoms with Gasteiger partial charge in [-0.3, -0.25) is 4.99 Å². The molecule has 0 aliphatic carbocycles. The maximum absolute atomic E-state index is 13.4. The molecule has 0 amide bonds. The summed E-state index contributed by atoms with van der Waals surface area (Å²) in [5.41, 5.74) is 7.05. The molecule has 30 heavy (non-hydrogen) atoms. The molecule has 158 valence electrons. The molecule has 0 saturated carbocycles. The van der Waals surface area contributed by atoms with Gasteiger partial charge >= 0.3 is 6.18 Å². The minimum absolute atomic E-state index is 0.150. The smallest absolute Gasteiger partial charge is 0.394 e. The van der Waals surface area contributed by atoms with Gasteiger partial charge < -0.3 is 10.6 Å². The van der Waals surface area contributed by atoms with E-state index < -0.39 is 11.9 Å². The summed E-state index contributed by atoms with van der Waals surface area (Å²) in [6.45, 7) is 8.97. The van der Waals surface area contributed by atoms with Crippen molar-refractivity contribution in [3.8, 4) is 0 Å². The molecular formula is C22H21ClF3N3S. The molecule has 2 N–H and O–H groups in total. The summed E-state index contributed by atoms with van der Waals surface area (Å²) in [5.74, 6) is -0.216. The lowest BCUT2D eigenvalue weighted by molar-refractivity contribution is -0.0918. The summed E-state index contributed by atoms with van der Waals surface area (Å²) in [6, 6.07) is 8.85. The topological polar surface area (TPSA) is 41.6 Å². The first-order valence-corrected chi connectivity index (χ1v) is 10.3. The van der Waals surface area contributed by atoms with E-state index in [-0.39, 0.29) is 11.5 Å². The Hall–Kier alpha value is -2.51. The number of nitrogens with two attached hydrogens (primary N) is 1. The first-order chi connectivity index (χ1) is 14.2. The zero-order valence-electron chi connectivity index (χ0n) is 16.3. The fourth-order valence-electron chi connectivity index (χ4n) is 3.61. The molecule has 1 atom stereocenters. The molecule has 1 aliphatic rings. The summed E-state index contributed by atoms with van der Waals surface area (Å²) in [4.78, 5) is 6.92. The maximum Gasteiger partial charge on any atom is 0.431 e. The Labute approximate surface area is 182 Å². The quantitative estimate of drug-likeness (QED) is 0.448. The molecule has 3 rings (SSSR count). The van der Waals surface area contributed by atoms with Crippen molar-refractivity contribution in [3.63, 3.8) is 0 Å². The molecule has 0 spiro atoms. The van der Waals surface area contributed by atoms with Crippen molar-refractivity contribution >= 4 is 34.7 Å². The van der Waals surface area contributed by atoms with Gasteiger partial charge in [0.15, 0.2) is 0 Å². The number of hydrogen-bond acceptors (Lipinski definition) is 4. The van der Waals surface area contributed by atoms with Gasteiger partial charge in [0, 0.05) is 41.9 Å². The number of fused-ring (bicyclic) bond motifs is 1. The van der Waals surface area contributed by atoms with Crippen LogP contribution in [0.2, 0.25) is 4.34 Å². The first-order valence-electron chi connectivity index (χ1n) is 9.10. The van der Waals surface area contributed by atoms with E-state index in [1.807, 2.05) is 17.0 Å². The average molecular weight is 452 g/mol. The maximum atomic E-state index is 13.4. The van der Waals surface area contributed by atoms with Gasteiger partial charge in [-0.05, 0) is 28.8 Å². The third-order valence-electron chi connectivity index (χ3n) is 5.05. The van der Waals surface area contributed by atoms with Crippen LogP contribution in [0.25, 0.3) is 5.57 Å². The van der Waals surface area contributed by atoms with E-state index >= 15 is 0 Å². The van der Waals surface area contributed by atoms with E-state index in [2.05, 4.69) is 18.2 Å². The highest BCUT2D eigenvalue weighted by molar-refractivity contribution is 7.16. The third kappa shape index (κ3) is 4.32. The average Bonchev–Trinajstić information content (AvgIpc) is 3.09. The van der Waals surface area contributed by atoms with E-state index in [1.54, 1.807) is 24.3 Å². The molecule has 8 heteroatoms. The molecule has 2 aromatic rings. The second-order valence-corrected chi connectivity index (χ2v) is 8.63. The van der Waals surface area contributed by atoms with Gasteiger partial charge in [0.25, 0.3) is 0 Å². The molecule has 1 aromatic carbocycles. The molecule has 3 nitrogen and oxygen atoms in total. The van der Waals surface area contributed by atoms with Crippen molar-refractivity contribution in [2.75, 3.05) is 13.6 Å². The fraction of sp³-hybridized carbons (Fsp3) is 0.227. The van der Waals surface area contributed by atoms with Crippen molar-refractivity contribution in [2.45, 2.75) is 18.6 Å². The van der Waals surface area contributed by atoms with E-state index in [9.17, 15) is 13.2 Å². The Kier molecular flexibility index (Phi) is 6.43. The van der Waals surface area contributed by atoms with Crippen LogP contribution in [0.1, 0.15) is 27.5 Å². The van der Waals surface area contributed by atoms with Gasteiger partial charge in [0.2, 0.25) is 0 Å². The van der Waals surface area contributed by atoms with Crippen LogP contribution in [0, 0.1) is 0 Å². The van der Waals surface area contributed by atoms with Gasteiger partial charge in [-0.1, -0.05) is 49.0 Å². The number of aliphatic imine (C=N–C) groups is 1. The zero-order chi connectivity index (χ0) is 22.1. The van der Waals surface area contributed by atoms with Crippen LogP contribution in [0.3, 0.4) is 0 Å². The molecule has 0 fully saturated rings. The monoisotopic (exact) mass is 451 g/mol. The predicted molar refractivity (Wildman–Crippen MR) is 119 cm³/mol. The number of allylic oxidation sites excluding steroid dienone is 3. The Morgan fingerprint density at radius 2 is 2.03 bits per heavy atom. The van der Waals surface area contributed by atoms with Crippen molar-refractivity contribution in [1.82, 2.24) is 4.90 Å². The number of nitrogens with zero attached hydrogens (tertiary/aromatic N) is 2. The van der Waals surface area contributed by atoms with Crippen molar-refractivity contribution in [2.24, 2.45) is 10.7 Å². The summed E-state index contributed by atoms with van der Waals surface area (Å²) >= 11 is 7.75. The summed E-state index contributed by atoms with van der Waals surface area (Å²) < 4.78 is 41.0. The molecule has 1 aliphatic heterocycles. The van der Waals surface area contributed by atoms with Crippen LogP contribution in [0.4, 0.5) is 13.2 Å². The highest BCUT2D eigenvalue weighted by atomic mass is 35.5. The van der Waals surface area contributed by atoms with Gasteiger partial charge in [-0.2, -0.15) is 13.2 Å². The standard InChI is InChI=1S/C22H21ClF3N3S/c1-4-13(2)29-11-18(16-9-20(23)30-19(16)12-29)15-8-6-5-7-14(15)17(10-28-3)21(27)22(24,25)26/h4-10,18H,1-2,11-12,27H2,3H3. The summed E-state index contributed by atoms with van der Waals surface area (Å²) in [5, 5.41) is 0. The van der Waals surface area contributed by atoms with E-state index in [1.165, 1.54) is 18.4 Å². The Morgan fingerprint density at radius 1 is 1.33 bits per heavy atom. The van der Waals surface area contributed by atoms with Gasteiger partial charge in [-0.25, -0.2) is 0 Å².